The molecule has 2 aromatic carbocycles. The second-order valence-electron chi connectivity index (χ2n) is 5.73. The summed E-state index contributed by atoms with van der Waals surface area (Å²) in [5.41, 5.74) is -0.184. The lowest BCUT2D eigenvalue weighted by atomic mass is 10.1. The van der Waals surface area contributed by atoms with Gasteiger partial charge in [0, 0.05) is 6.08 Å². The quantitative estimate of drug-likeness (QED) is 0.338. The number of aromatic nitrogens is 2. The van der Waals surface area contributed by atoms with E-state index in [-0.39, 0.29) is 16.9 Å². The smallest absolute Gasteiger partial charge is 0.416 e. The zero-order chi connectivity index (χ0) is 20.3. The molecule has 3 rings (SSSR count). The fraction of sp³-hybridized carbons (Fsp3) is 0.158. The number of esters is 1. The lowest BCUT2D eigenvalue weighted by Gasteiger charge is -2.08. The van der Waals surface area contributed by atoms with Crippen LogP contribution in [0.4, 0.5) is 22.0 Å². The molecule has 0 saturated heterocycles. The fourth-order valence-electron chi connectivity index (χ4n) is 2.58. The Hall–Kier alpha value is -3.23. The average molecular weight is 396 g/mol. The van der Waals surface area contributed by atoms with Gasteiger partial charge in [-0.3, -0.25) is 4.57 Å². The van der Waals surface area contributed by atoms with Gasteiger partial charge in [-0.25, -0.2) is 9.78 Å². The Bertz CT molecular complexity index is 1020. The molecule has 0 bridgehead atoms. The Morgan fingerprint density at radius 2 is 1.89 bits per heavy atom. The van der Waals surface area contributed by atoms with Gasteiger partial charge < -0.3 is 4.74 Å². The number of hydrogen-bond donors (Lipinski definition) is 0. The van der Waals surface area contributed by atoms with Gasteiger partial charge in [-0.1, -0.05) is 24.3 Å². The molecule has 3 aromatic rings. The normalized spacial score (nSPS) is 12.2. The van der Waals surface area contributed by atoms with Gasteiger partial charge in [0.05, 0.1) is 16.6 Å². The van der Waals surface area contributed by atoms with Crippen LogP contribution in [-0.2, 0) is 22.3 Å². The van der Waals surface area contributed by atoms with Crippen molar-refractivity contribution in [3.05, 3.63) is 71.6 Å². The molecule has 0 N–H and O–H groups in total. The summed E-state index contributed by atoms with van der Waals surface area (Å²) in [7, 11) is 0. The van der Waals surface area contributed by atoms with Crippen molar-refractivity contribution in [3.63, 3.8) is 0 Å². The molecule has 0 unspecified atom stereocenters. The Kier molecular flexibility index (Phi) is 5.43. The minimum atomic E-state index is -4.50. The zero-order valence-corrected chi connectivity index (χ0v) is 14.2. The standard InChI is InChI=1S/C19H13F5N2O2/c20-18(21)26-15-7-2-1-6-14(15)25-16(26)11-28-17(27)9-8-12-4-3-5-13(10-12)19(22,23)24/h1-10,18H,11H2. The molecule has 0 saturated carbocycles. The SMILES string of the molecule is O=C(C=Cc1cccc(C(F)(F)F)c1)OCc1nc2ccccc2n1C(F)F. The number of fused-ring (bicyclic) bond motifs is 1. The van der Waals surface area contributed by atoms with Crippen LogP contribution < -0.4 is 0 Å². The molecule has 1 heterocycles. The summed E-state index contributed by atoms with van der Waals surface area (Å²) >= 11 is 0. The number of nitrogens with zero attached hydrogens (tertiary/aromatic N) is 2. The highest BCUT2D eigenvalue weighted by Gasteiger charge is 2.30. The summed E-state index contributed by atoms with van der Waals surface area (Å²) in [5.74, 6) is -1.04. The van der Waals surface area contributed by atoms with Gasteiger partial charge >= 0.3 is 18.7 Å². The number of carbonyl (C=O) groups excluding carboxylic acids is 1. The van der Waals surface area contributed by atoms with Gasteiger partial charge in [0.2, 0.25) is 0 Å². The van der Waals surface area contributed by atoms with Gasteiger partial charge in [0.25, 0.3) is 0 Å². The molecule has 28 heavy (non-hydrogen) atoms. The van der Waals surface area contributed by atoms with E-state index in [1.54, 1.807) is 18.2 Å². The van der Waals surface area contributed by atoms with Gasteiger partial charge in [-0.05, 0) is 35.9 Å². The van der Waals surface area contributed by atoms with Crippen LogP contribution in [0.5, 0.6) is 0 Å². The van der Waals surface area contributed by atoms with Crippen LogP contribution in [0.1, 0.15) is 23.5 Å². The predicted octanol–water partition coefficient (Wildman–Crippen LogP) is 5.21. The van der Waals surface area contributed by atoms with Crippen LogP contribution in [0.25, 0.3) is 17.1 Å². The number of carbonyl (C=O) groups is 1. The van der Waals surface area contributed by atoms with E-state index in [0.717, 1.165) is 24.3 Å². The van der Waals surface area contributed by atoms with Crippen LogP contribution in [0.3, 0.4) is 0 Å². The van der Waals surface area contributed by atoms with Gasteiger partial charge in [0.1, 0.15) is 6.61 Å². The fourth-order valence-corrected chi connectivity index (χ4v) is 2.58. The number of alkyl halides is 5. The van der Waals surface area contributed by atoms with E-state index < -0.39 is 30.9 Å². The number of benzene rings is 2. The molecule has 0 fully saturated rings. The molecule has 9 heteroatoms. The van der Waals surface area contributed by atoms with Crippen molar-refractivity contribution in [2.45, 2.75) is 19.3 Å². The molecule has 0 amide bonds. The van der Waals surface area contributed by atoms with Crippen molar-refractivity contribution < 1.29 is 31.5 Å². The van der Waals surface area contributed by atoms with E-state index in [9.17, 15) is 26.7 Å². The Morgan fingerprint density at radius 1 is 1.14 bits per heavy atom. The Balaban J connectivity index is 1.71. The predicted molar refractivity (Wildman–Crippen MR) is 91.3 cm³/mol. The minimum absolute atomic E-state index is 0.142. The average Bonchev–Trinajstić information content (AvgIpc) is 3.03. The van der Waals surface area contributed by atoms with Crippen LogP contribution in [-0.4, -0.2) is 15.5 Å². The van der Waals surface area contributed by atoms with Crippen LogP contribution in [0.15, 0.2) is 54.6 Å². The zero-order valence-electron chi connectivity index (χ0n) is 14.2. The maximum atomic E-state index is 13.3. The molecule has 146 valence electrons. The van der Waals surface area contributed by atoms with Crippen LogP contribution in [0, 0.1) is 0 Å². The lowest BCUT2D eigenvalue weighted by molar-refractivity contribution is -0.139. The van der Waals surface area contributed by atoms with Crippen LogP contribution in [0.2, 0.25) is 0 Å². The highest BCUT2D eigenvalue weighted by molar-refractivity contribution is 5.87. The molecule has 4 nitrogen and oxygen atoms in total. The first-order chi connectivity index (χ1) is 13.3. The first-order valence-electron chi connectivity index (χ1n) is 8.02. The molecule has 0 aliphatic rings. The highest BCUT2D eigenvalue weighted by Crippen LogP contribution is 2.29. The summed E-state index contributed by atoms with van der Waals surface area (Å²) in [4.78, 5) is 15.8. The third-order valence-electron chi connectivity index (χ3n) is 3.83. The highest BCUT2D eigenvalue weighted by atomic mass is 19.4. The largest absolute Gasteiger partial charge is 0.454 e. The number of para-hydroxylation sites is 2. The molecule has 0 aliphatic carbocycles. The van der Waals surface area contributed by atoms with E-state index in [1.807, 2.05) is 0 Å². The van der Waals surface area contributed by atoms with Crippen molar-refractivity contribution in [1.82, 2.24) is 9.55 Å². The molecular formula is C19H13F5N2O2. The Morgan fingerprint density at radius 3 is 2.61 bits per heavy atom. The monoisotopic (exact) mass is 396 g/mol. The number of ether oxygens (including phenoxy) is 1. The number of rotatable bonds is 5. The summed E-state index contributed by atoms with van der Waals surface area (Å²) in [5, 5.41) is 0. The maximum Gasteiger partial charge on any atom is 0.416 e. The first kappa shape index (κ1) is 19.5. The molecule has 0 aliphatic heterocycles. The molecule has 0 atom stereocenters. The van der Waals surface area contributed by atoms with E-state index in [4.69, 9.17) is 4.74 Å². The van der Waals surface area contributed by atoms with E-state index in [1.165, 1.54) is 18.2 Å². The van der Waals surface area contributed by atoms with Crippen LogP contribution >= 0.6 is 0 Å². The molecule has 0 spiro atoms. The van der Waals surface area contributed by atoms with Crippen molar-refractivity contribution in [1.29, 1.82) is 0 Å². The minimum Gasteiger partial charge on any atom is -0.454 e. The summed E-state index contributed by atoms with van der Waals surface area (Å²) in [6.45, 7) is -3.38. The van der Waals surface area contributed by atoms with Gasteiger partial charge in [-0.15, -0.1) is 0 Å². The van der Waals surface area contributed by atoms with E-state index >= 15 is 0 Å². The van der Waals surface area contributed by atoms with Crippen molar-refractivity contribution in [2.75, 3.05) is 0 Å². The molecule has 0 radical (unpaired) electrons. The van der Waals surface area contributed by atoms with Gasteiger partial charge in [-0.2, -0.15) is 22.0 Å². The van der Waals surface area contributed by atoms with E-state index in [2.05, 4.69) is 4.98 Å². The van der Waals surface area contributed by atoms with Gasteiger partial charge in [0.15, 0.2) is 5.82 Å². The number of halogens is 5. The maximum absolute atomic E-state index is 13.3. The molecule has 1 aromatic heterocycles. The summed E-state index contributed by atoms with van der Waals surface area (Å²) in [6, 6.07) is 10.6. The first-order valence-corrected chi connectivity index (χ1v) is 8.02. The van der Waals surface area contributed by atoms with Crippen molar-refractivity contribution in [3.8, 4) is 0 Å². The van der Waals surface area contributed by atoms with E-state index in [0.29, 0.717) is 10.1 Å². The second-order valence-corrected chi connectivity index (χ2v) is 5.73. The topological polar surface area (TPSA) is 44.1 Å². The molecular weight excluding hydrogens is 383 g/mol. The Labute approximate surface area is 155 Å². The summed E-state index contributed by atoms with van der Waals surface area (Å²) in [6.07, 6.45) is -2.43. The second kappa shape index (κ2) is 7.79. The third-order valence-corrected chi connectivity index (χ3v) is 3.83. The lowest BCUT2D eigenvalue weighted by Crippen LogP contribution is -2.09. The van der Waals surface area contributed by atoms with Crippen molar-refractivity contribution >= 4 is 23.1 Å². The number of hydrogen-bond acceptors (Lipinski definition) is 3. The summed E-state index contributed by atoms with van der Waals surface area (Å²) < 4.78 is 70.2. The number of imidazole rings is 1. The van der Waals surface area contributed by atoms with Crippen molar-refractivity contribution in [2.24, 2.45) is 0 Å². The third kappa shape index (κ3) is 4.36.